The molecule has 0 saturated heterocycles. The van der Waals surface area contributed by atoms with Crippen LogP contribution in [0.1, 0.15) is 19.8 Å². The summed E-state index contributed by atoms with van der Waals surface area (Å²) in [5.74, 6) is 0.651. The van der Waals surface area contributed by atoms with Gasteiger partial charge in [-0.15, -0.1) is 0 Å². The van der Waals surface area contributed by atoms with Gasteiger partial charge in [0.15, 0.2) is 0 Å². The average molecular weight is 137 g/mol. The van der Waals surface area contributed by atoms with Gasteiger partial charge in [0.2, 0.25) is 6.08 Å². The van der Waals surface area contributed by atoms with Crippen LogP contribution in [0.2, 0.25) is 0 Å². The Balaban J connectivity index is 2.52. The maximum atomic E-state index is 9.83. The summed E-state index contributed by atoms with van der Waals surface area (Å²) in [7, 11) is 0. The van der Waals surface area contributed by atoms with Crippen molar-refractivity contribution in [1.82, 2.24) is 0 Å². The highest BCUT2D eigenvalue weighted by Gasteiger charge is 2.10. The van der Waals surface area contributed by atoms with Crippen LogP contribution in [0, 0.1) is 5.92 Å². The molecule has 0 aromatic carbocycles. The molecule has 1 aliphatic rings. The van der Waals surface area contributed by atoms with Crippen LogP contribution in [-0.4, -0.2) is 12.1 Å². The molecule has 2 atom stereocenters. The molecular formula is C8H11NO. The molecule has 1 rings (SSSR count). The Morgan fingerprint density at radius 3 is 2.80 bits per heavy atom. The lowest BCUT2D eigenvalue weighted by molar-refractivity contribution is 0.529. The SMILES string of the molecule is CC1C=CC(N=C=O)CC1. The third-order valence-corrected chi connectivity index (χ3v) is 1.80. The molecule has 2 unspecified atom stereocenters. The van der Waals surface area contributed by atoms with Crippen LogP contribution in [0.4, 0.5) is 0 Å². The second kappa shape index (κ2) is 3.33. The van der Waals surface area contributed by atoms with Gasteiger partial charge < -0.3 is 0 Å². The normalized spacial score (nSPS) is 31.3. The lowest BCUT2D eigenvalue weighted by atomic mass is 9.95. The smallest absolute Gasteiger partial charge is 0.211 e. The van der Waals surface area contributed by atoms with Gasteiger partial charge >= 0.3 is 0 Å². The molecule has 0 N–H and O–H groups in total. The van der Waals surface area contributed by atoms with Gasteiger partial charge in [0.05, 0.1) is 6.04 Å². The largest absolute Gasteiger partial charge is 0.235 e. The molecular weight excluding hydrogens is 126 g/mol. The standard InChI is InChI=1S/C8H11NO/c1-7-2-4-8(5-3-7)9-6-10/h2,4,7-8H,3,5H2,1H3. The maximum absolute atomic E-state index is 9.83. The molecule has 2 heteroatoms. The van der Waals surface area contributed by atoms with E-state index in [-0.39, 0.29) is 6.04 Å². The molecule has 0 spiro atoms. The van der Waals surface area contributed by atoms with Gasteiger partial charge in [-0.2, -0.15) is 4.99 Å². The van der Waals surface area contributed by atoms with Gasteiger partial charge in [-0.1, -0.05) is 19.1 Å². The number of isocyanates is 1. The second-order valence-electron chi connectivity index (χ2n) is 2.73. The van der Waals surface area contributed by atoms with Gasteiger partial charge in [0, 0.05) is 0 Å². The molecule has 0 radical (unpaired) electrons. The Hall–Kier alpha value is -0.880. The zero-order valence-electron chi connectivity index (χ0n) is 6.08. The Morgan fingerprint density at radius 1 is 1.50 bits per heavy atom. The van der Waals surface area contributed by atoms with Crippen LogP contribution < -0.4 is 0 Å². The van der Waals surface area contributed by atoms with Gasteiger partial charge in [-0.05, 0) is 18.8 Å². The molecule has 0 aromatic rings. The molecule has 10 heavy (non-hydrogen) atoms. The molecule has 0 aromatic heterocycles. The summed E-state index contributed by atoms with van der Waals surface area (Å²) in [6.07, 6.45) is 7.79. The number of aliphatic imine (C=N–C) groups is 1. The number of carbonyl (C=O) groups excluding carboxylic acids is 1. The summed E-state index contributed by atoms with van der Waals surface area (Å²) in [6, 6.07) is 0.105. The molecule has 2 nitrogen and oxygen atoms in total. The average Bonchev–Trinajstić information content (AvgIpc) is 1.95. The fourth-order valence-electron chi connectivity index (χ4n) is 1.12. The molecule has 54 valence electrons. The van der Waals surface area contributed by atoms with E-state index in [4.69, 9.17) is 0 Å². The van der Waals surface area contributed by atoms with Crippen molar-refractivity contribution in [2.75, 3.05) is 0 Å². The van der Waals surface area contributed by atoms with Gasteiger partial charge in [-0.25, -0.2) is 4.79 Å². The van der Waals surface area contributed by atoms with Crippen LogP contribution in [-0.2, 0) is 4.79 Å². The minimum Gasteiger partial charge on any atom is -0.211 e. The molecule has 1 aliphatic carbocycles. The Labute approximate surface area is 60.7 Å². The van der Waals surface area contributed by atoms with Crippen LogP contribution >= 0.6 is 0 Å². The van der Waals surface area contributed by atoms with Crippen molar-refractivity contribution in [1.29, 1.82) is 0 Å². The topological polar surface area (TPSA) is 29.4 Å². The fraction of sp³-hybridized carbons (Fsp3) is 0.625. The van der Waals surface area contributed by atoms with Gasteiger partial charge in [0.1, 0.15) is 0 Å². The number of nitrogens with zero attached hydrogens (tertiary/aromatic N) is 1. The number of allylic oxidation sites excluding steroid dienone is 1. The first-order chi connectivity index (χ1) is 4.83. The fourth-order valence-corrected chi connectivity index (χ4v) is 1.12. The summed E-state index contributed by atoms with van der Waals surface area (Å²) in [4.78, 5) is 13.5. The maximum Gasteiger partial charge on any atom is 0.235 e. The highest BCUT2D eigenvalue weighted by atomic mass is 16.1. The van der Waals surface area contributed by atoms with Crippen molar-refractivity contribution in [2.24, 2.45) is 10.9 Å². The van der Waals surface area contributed by atoms with E-state index in [1.807, 2.05) is 6.08 Å². The quantitative estimate of drug-likeness (QED) is 0.307. The van der Waals surface area contributed by atoms with Crippen molar-refractivity contribution < 1.29 is 4.79 Å². The zero-order valence-corrected chi connectivity index (χ0v) is 6.08. The van der Waals surface area contributed by atoms with Gasteiger partial charge in [-0.3, -0.25) is 0 Å². The summed E-state index contributed by atoms with van der Waals surface area (Å²) >= 11 is 0. The molecule has 0 bridgehead atoms. The predicted molar refractivity (Wildman–Crippen MR) is 39.4 cm³/mol. The van der Waals surface area contributed by atoms with E-state index >= 15 is 0 Å². The summed E-state index contributed by atoms with van der Waals surface area (Å²) in [5, 5.41) is 0. The summed E-state index contributed by atoms with van der Waals surface area (Å²) in [6.45, 7) is 2.16. The van der Waals surface area contributed by atoms with E-state index in [9.17, 15) is 4.79 Å². The minimum absolute atomic E-state index is 0.105. The van der Waals surface area contributed by atoms with E-state index in [2.05, 4.69) is 18.0 Å². The Kier molecular flexibility index (Phi) is 2.41. The summed E-state index contributed by atoms with van der Waals surface area (Å²) in [5.41, 5.74) is 0. The third-order valence-electron chi connectivity index (χ3n) is 1.80. The van der Waals surface area contributed by atoms with E-state index in [1.54, 1.807) is 6.08 Å². The Morgan fingerprint density at radius 2 is 2.30 bits per heavy atom. The monoisotopic (exact) mass is 137 g/mol. The molecule has 0 fully saturated rings. The zero-order chi connectivity index (χ0) is 7.40. The minimum atomic E-state index is 0.105. The van der Waals surface area contributed by atoms with Crippen LogP contribution in [0.5, 0.6) is 0 Å². The lowest BCUT2D eigenvalue weighted by Gasteiger charge is -2.14. The van der Waals surface area contributed by atoms with Crippen molar-refractivity contribution in [3.05, 3.63) is 12.2 Å². The van der Waals surface area contributed by atoms with Crippen molar-refractivity contribution in [2.45, 2.75) is 25.8 Å². The van der Waals surface area contributed by atoms with Crippen molar-refractivity contribution in [3.63, 3.8) is 0 Å². The predicted octanol–water partition coefficient (Wildman–Crippen LogP) is 1.68. The van der Waals surface area contributed by atoms with Crippen LogP contribution in [0.3, 0.4) is 0 Å². The molecule has 0 amide bonds. The highest BCUT2D eigenvalue weighted by Crippen LogP contribution is 2.18. The highest BCUT2D eigenvalue weighted by molar-refractivity contribution is 5.34. The van der Waals surface area contributed by atoms with Crippen LogP contribution in [0.15, 0.2) is 17.1 Å². The molecule has 0 saturated carbocycles. The first-order valence-electron chi connectivity index (χ1n) is 3.58. The third kappa shape index (κ3) is 1.82. The van der Waals surface area contributed by atoms with Crippen LogP contribution in [0.25, 0.3) is 0 Å². The second-order valence-corrected chi connectivity index (χ2v) is 2.73. The van der Waals surface area contributed by atoms with Crippen molar-refractivity contribution >= 4 is 6.08 Å². The van der Waals surface area contributed by atoms with E-state index in [0.29, 0.717) is 5.92 Å². The first-order valence-corrected chi connectivity index (χ1v) is 3.58. The van der Waals surface area contributed by atoms with E-state index in [0.717, 1.165) is 12.8 Å². The number of hydrogen-bond acceptors (Lipinski definition) is 2. The number of hydrogen-bond donors (Lipinski definition) is 0. The number of rotatable bonds is 1. The van der Waals surface area contributed by atoms with Crippen molar-refractivity contribution in [3.8, 4) is 0 Å². The van der Waals surface area contributed by atoms with E-state index in [1.165, 1.54) is 0 Å². The van der Waals surface area contributed by atoms with E-state index < -0.39 is 0 Å². The molecule has 0 heterocycles. The first kappa shape index (κ1) is 7.23. The Bertz CT molecular complexity index is 180. The van der Waals surface area contributed by atoms with Gasteiger partial charge in [0.25, 0.3) is 0 Å². The molecule has 0 aliphatic heterocycles. The lowest BCUT2D eigenvalue weighted by Crippen LogP contribution is -2.08. The summed E-state index contributed by atoms with van der Waals surface area (Å²) < 4.78 is 0.